The van der Waals surface area contributed by atoms with Crippen molar-refractivity contribution >= 4 is 22.8 Å². The minimum absolute atomic E-state index is 0.0169. The summed E-state index contributed by atoms with van der Waals surface area (Å²) in [5.74, 6) is 1.11. The Balaban J connectivity index is 2.20. The van der Waals surface area contributed by atoms with Crippen LogP contribution >= 0.6 is 0 Å². The zero-order valence-electron chi connectivity index (χ0n) is 10.6. The van der Waals surface area contributed by atoms with Gasteiger partial charge < -0.3 is 21.2 Å². The Bertz CT molecular complexity index is 851. The first-order chi connectivity index (χ1) is 9.58. The lowest BCUT2D eigenvalue weighted by Gasteiger charge is -2.05. The second-order valence-corrected chi connectivity index (χ2v) is 4.19. The van der Waals surface area contributed by atoms with Crippen LogP contribution in [0.4, 0.5) is 11.6 Å². The van der Waals surface area contributed by atoms with Gasteiger partial charge in [-0.05, 0) is 12.1 Å². The molecule has 0 bridgehead atoms. The summed E-state index contributed by atoms with van der Waals surface area (Å²) in [5, 5.41) is 0. The van der Waals surface area contributed by atoms with Gasteiger partial charge in [0, 0.05) is 17.3 Å². The molecular weight excluding hydrogens is 260 g/mol. The van der Waals surface area contributed by atoms with Gasteiger partial charge in [0.15, 0.2) is 11.2 Å². The van der Waals surface area contributed by atoms with Crippen molar-refractivity contribution in [2.45, 2.75) is 0 Å². The van der Waals surface area contributed by atoms with Crippen LogP contribution in [-0.2, 0) is 0 Å². The second kappa shape index (κ2) is 4.26. The Kier molecular flexibility index (Phi) is 2.56. The van der Waals surface area contributed by atoms with Crippen LogP contribution in [-0.4, -0.2) is 27.0 Å². The largest absolute Gasteiger partial charge is 0.497 e. The average molecular weight is 272 g/mol. The Hall–Kier alpha value is -3.03. The molecule has 0 spiro atoms. The number of hydrogen-bond donors (Lipinski definition) is 4. The molecule has 3 rings (SSSR count). The van der Waals surface area contributed by atoms with E-state index in [-0.39, 0.29) is 22.7 Å². The first-order valence-corrected chi connectivity index (χ1v) is 5.78. The summed E-state index contributed by atoms with van der Waals surface area (Å²) in [6.45, 7) is 0. The van der Waals surface area contributed by atoms with Gasteiger partial charge in [0.05, 0.1) is 7.11 Å². The number of rotatable bonds is 2. The maximum Gasteiger partial charge on any atom is 0.278 e. The Morgan fingerprint density at radius 1 is 1.20 bits per heavy atom. The summed E-state index contributed by atoms with van der Waals surface area (Å²) < 4.78 is 5.09. The van der Waals surface area contributed by atoms with Crippen molar-refractivity contribution in [1.82, 2.24) is 19.9 Å². The van der Waals surface area contributed by atoms with Gasteiger partial charge in [-0.15, -0.1) is 0 Å². The molecule has 0 aliphatic heterocycles. The number of imidazole rings is 1. The maximum atomic E-state index is 11.7. The number of nitrogen functional groups attached to an aromatic ring is 2. The first kappa shape index (κ1) is 12.0. The van der Waals surface area contributed by atoms with Gasteiger partial charge in [-0.3, -0.25) is 9.78 Å². The van der Waals surface area contributed by atoms with Crippen LogP contribution in [0.15, 0.2) is 23.0 Å². The highest BCUT2D eigenvalue weighted by Crippen LogP contribution is 2.28. The van der Waals surface area contributed by atoms with Crippen molar-refractivity contribution in [1.29, 1.82) is 0 Å². The molecule has 0 atom stereocenters. The molecule has 0 radical (unpaired) electrons. The van der Waals surface area contributed by atoms with E-state index in [0.29, 0.717) is 22.8 Å². The molecule has 0 fully saturated rings. The number of ether oxygens (including phenoxy) is 1. The van der Waals surface area contributed by atoms with Gasteiger partial charge in [-0.1, -0.05) is 0 Å². The van der Waals surface area contributed by atoms with Crippen LogP contribution in [0.25, 0.3) is 22.6 Å². The van der Waals surface area contributed by atoms with E-state index < -0.39 is 0 Å². The van der Waals surface area contributed by atoms with Gasteiger partial charge in [0.2, 0.25) is 5.95 Å². The number of aromatic amines is 2. The Morgan fingerprint density at radius 2 is 2.00 bits per heavy atom. The lowest BCUT2D eigenvalue weighted by molar-refractivity contribution is 0.415. The van der Waals surface area contributed by atoms with Crippen molar-refractivity contribution in [2.75, 3.05) is 18.6 Å². The smallest absolute Gasteiger partial charge is 0.278 e. The van der Waals surface area contributed by atoms with Crippen LogP contribution in [0.5, 0.6) is 5.75 Å². The lowest BCUT2D eigenvalue weighted by atomic mass is 10.1. The number of nitrogens with zero attached hydrogens (tertiary/aromatic N) is 2. The summed E-state index contributed by atoms with van der Waals surface area (Å²) in [6.07, 6.45) is 0. The molecule has 2 aromatic heterocycles. The average Bonchev–Trinajstić information content (AvgIpc) is 2.82. The third kappa shape index (κ3) is 1.83. The minimum atomic E-state index is -0.377. The predicted molar refractivity (Wildman–Crippen MR) is 75.3 cm³/mol. The molecule has 6 N–H and O–H groups in total. The van der Waals surface area contributed by atoms with Crippen LogP contribution in [0.3, 0.4) is 0 Å². The molecule has 8 nitrogen and oxygen atoms in total. The van der Waals surface area contributed by atoms with Gasteiger partial charge in [-0.25, -0.2) is 4.98 Å². The lowest BCUT2D eigenvalue weighted by Crippen LogP contribution is -2.10. The zero-order valence-corrected chi connectivity index (χ0v) is 10.6. The molecule has 0 aliphatic carbocycles. The molecule has 0 amide bonds. The van der Waals surface area contributed by atoms with Crippen molar-refractivity contribution in [3.05, 3.63) is 28.6 Å². The Morgan fingerprint density at radius 3 is 2.70 bits per heavy atom. The summed E-state index contributed by atoms with van der Waals surface area (Å²) >= 11 is 0. The van der Waals surface area contributed by atoms with Crippen molar-refractivity contribution in [2.24, 2.45) is 0 Å². The first-order valence-electron chi connectivity index (χ1n) is 5.78. The fourth-order valence-electron chi connectivity index (χ4n) is 1.94. The molecule has 3 aromatic rings. The van der Waals surface area contributed by atoms with Gasteiger partial charge in [0.25, 0.3) is 5.56 Å². The fourth-order valence-corrected chi connectivity index (χ4v) is 1.94. The summed E-state index contributed by atoms with van der Waals surface area (Å²) in [7, 11) is 1.56. The highest BCUT2D eigenvalue weighted by atomic mass is 16.5. The quantitative estimate of drug-likeness (QED) is 0.501. The number of anilines is 2. The molecular formula is C12H12N6O2. The highest BCUT2D eigenvalue weighted by Gasteiger charge is 2.12. The summed E-state index contributed by atoms with van der Waals surface area (Å²) in [5.41, 5.74) is 12.7. The van der Waals surface area contributed by atoms with Gasteiger partial charge >= 0.3 is 0 Å². The number of nitrogens with two attached hydrogens (primary N) is 2. The van der Waals surface area contributed by atoms with Crippen LogP contribution in [0.2, 0.25) is 0 Å². The van der Waals surface area contributed by atoms with E-state index in [4.69, 9.17) is 16.2 Å². The zero-order chi connectivity index (χ0) is 14.3. The number of fused-ring (bicyclic) bond motifs is 1. The van der Waals surface area contributed by atoms with E-state index in [2.05, 4.69) is 19.9 Å². The second-order valence-electron chi connectivity index (χ2n) is 4.19. The normalized spacial score (nSPS) is 10.8. The molecule has 2 heterocycles. The number of H-pyrrole nitrogens is 2. The van der Waals surface area contributed by atoms with Crippen molar-refractivity contribution < 1.29 is 4.74 Å². The molecule has 0 aliphatic rings. The van der Waals surface area contributed by atoms with Crippen LogP contribution < -0.4 is 21.8 Å². The number of aromatic nitrogens is 4. The van der Waals surface area contributed by atoms with E-state index >= 15 is 0 Å². The monoisotopic (exact) mass is 272 g/mol. The maximum absolute atomic E-state index is 11.7. The van der Waals surface area contributed by atoms with E-state index in [9.17, 15) is 4.79 Å². The van der Waals surface area contributed by atoms with Gasteiger partial charge in [0.1, 0.15) is 11.6 Å². The molecule has 8 heteroatoms. The highest BCUT2D eigenvalue weighted by molar-refractivity contribution is 5.80. The topological polar surface area (TPSA) is 136 Å². The Labute approximate surface area is 112 Å². The number of hydrogen-bond acceptors (Lipinski definition) is 6. The SMILES string of the molecule is COc1ccc(-c2nc3nc(N)[nH]c(=O)c3[nH]2)c(N)c1. The fraction of sp³-hybridized carbons (Fsp3) is 0.0833. The van der Waals surface area contributed by atoms with E-state index in [1.165, 1.54) is 0 Å². The molecule has 0 unspecified atom stereocenters. The number of methoxy groups -OCH3 is 1. The summed E-state index contributed by atoms with van der Waals surface area (Å²) in [4.78, 5) is 25.2. The standard InChI is InChI=1S/C12H12N6O2/c1-20-5-2-3-6(7(13)4-5)9-15-8-10(16-9)17-12(14)18-11(8)19/h2-4H,13H2,1H3,(H4,14,15,16,17,18,19). The van der Waals surface area contributed by atoms with Crippen LogP contribution in [0, 0.1) is 0 Å². The molecule has 102 valence electrons. The minimum Gasteiger partial charge on any atom is -0.497 e. The summed E-state index contributed by atoms with van der Waals surface area (Å²) in [6, 6.07) is 5.18. The van der Waals surface area contributed by atoms with E-state index in [1.54, 1.807) is 25.3 Å². The number of nitrogens with one attached hydrogen (secondary N) is 2. The molecule has 20 heavy (non-hydrogen) atoms. The van der Waals surface area contributed by atoms with Gasteiger partial charge in [-0.2, -0.15) is 4.98 Å². The molecule has 0 saturated carbocycles. The third-order valence-corrected chi connectivity index (χ3v) is 2.89. The van der Waals surface area contributed by atoms with E-state index in [1.807, 2.05) is 0 Å². The number of benzene rings is 1. The predicted octanol–water partition coefficient (Wildman–Crippen LogP) is 0.486. The van der Waals surface area contributed by atoms with Crippen molar-refractivity contribution in [3.8, 4) is 17.1 Å². The van der Waals surface area contributed by atoms with Crippen LogP contribution in [0.1, 0.15) is 0 Å². The van der Waals surface area contributed by atoms with Crippen molar-refractivity contribution in [3.63, 3.8) is 0 Å². The van der Waals surface area contributed by atoms with E-state index in [0.717, 1.165) is 0 Å². The third-order valence-electron chi connectivity index (χ3n) is 2.89. The molecule has 0 saturated heterocycles. The molecule has 1 aromatic carbocycles.